The predicted molar refractivity (Wildman–Crippen MR) is 115 cm³/mol. The summed E-state index contributed by atoms with van der Waals surface area (Å²) in [6, 6.07) is 25.2. The lowest BCUT2D eigenvalue weighted by molar-refractivity contribution is 0.581. The molecular weight excluding hydrogens is 326 g/mol. The topological polar surface area (TPSA) is 21.9 Å². The maximum atomic E-state index is 3.52. The van der Waals surface area contributed by atoms with Crippen LogP contribution in [-0.4, -0.2) is 6.54 Å². The summed E-state index contributed by atoms with van der Waals surface area (Å²) in [7, 11) is 0. The van der Waals surface area contributed by atoms with Gasteiger partial charge in [0, 0.05) is 12.6 Å². The van der Waals surface area contributed by atoms with Crippen molar-refractivity contribution in [1.29, 1.82) is 0 Å². The highest BCUT2D eigenvalue weighted by atomic mass is 15.1. The van der Waals surface area contributed by atoms with Crippen LogP contribution in [0.5, 0.6) is 0 Å². The summed E-state index contributed by atoms with van der Waals surface area (Å²) in [5.74, 6) is 0. The second kappa shape index (κ2) is 6.98. The number of rotatable bonds is 4. The molecule has 138 valence electrons. The molecule has 0 radical (unpaired) electrons. The van der Waals surface area contributed by atoms with Gasteiger partial charge in [0.25, 0.3) is 0 Å². The van der Waals surface area contributed by atoms with Gasteiger partial charge in [-0.05, 0) is 52.1 Å². The summed E-state index contributed by atoms with van der Waals surface area (Å²) in [5.41, 5.74) is 9.87. The highest BCUT2D eigenvalue weighted by Crippen LogP contribution is 2.36. The third kappa shape index (κ3) is 3.99. The van der Waals surface area contributed by atoms with Crippen LogP contribution in [-0.2, 0) is 11.8 Å². The minimum absolute atomic E-state index is 0.172. The minimum Gasteiger partial charge on any atom is -0.307 e. The van der Waals surface area contributed by atoms with Gasteiger partial charge in [-0.3, -0.25) is 0 Å². The summed E-state index contributed by atoms with van der Waals surface area (Å²) in [4.78, 5) is 0. The van der Waals surface area contributed by atoms with E-state index in [9.17, 15) is 0 Å². The third-order valence-corrected chi connectivity index (χ3v) is 5.49. The van der Waals surface area contributed by atoms with Crippen LogP contribution < -0.4 is 5.32 Å². The SMILES string of the molecule is Cc1ccc(-c2ccc(Cc3cccc(C(C)(C)C)c3C3CN3)cc2)cc1. The Kier molecular flexibility index (Phi) is 4.65. The van der Waals surface area contributed by atoms with Gasteiger partial charge in [0.05, 0.1) is 0 Å². The molecule has 1 heteroatoms. The van der Waals surface area contributed by atoms with E-state index in [1.165, 1.54) is 38.9 Å². The van der Waals surface area contributed by atoms with E-state index in [0.717, 1.165) is 13.0 Å². The largest absolute Gasteiger partial charge is 0.307 e. The van der Waals surface area contributed by atoms with Crippen LogP contribution in [0.4, 0.5) is 0 Å². The lowest BCUT2D eigenvalue weighted by atomic mass is 9.80. The Morgan fingerprint density at radius 3 is 2.00 bits per heavy atom. The molecule has 0 saturated carbocycles. The first kappa shape index (κ1) is 18.0. The first-order chi connectivity index (χ1) is 12.9. The molecule has 1 aliphatic rings. The van der Waals surface area contributed by atoms with E-state index in [1.807, 2.05) is 0 Å². The molecule has 1 nitrogen and oxygen atoms in total. The second-order valence-corrected chi connectivity index (χ2v) is 8.83. The summed E-state index contributed by atoms with van der Waals surface area (Å²) in [6.07, 6.45) is 0.992. The van der Waals surface area contributed by atoms with Gasteiger partial charge in [-0.25, -0.2) is 0 Å². The van der Waals surface area contributed by atoms with Gasteiger partial charge in [0.1, 0.15) is 0 Å². The first-order valence-electron chi connectivity index (χ1n) is 9.93. The number of nitrogens with one attached hydrogen (secondary N) is 1. The minimum atomic E-state index is 0.172. The van der Waals surface area contributed by atoms with Gasteiger partial charge in [-0.15, -0.1) is 0 Å². The average molecular weight is 356 g/mol. The van der Waals surface area contributed by atoms with Crippen LogP contribution in [0.1, 0.15) is 54.6 Å². The van der Waals surface area contributed by atoms with E-state index < -0.39 is 0 Å². The highest BCUT2D eigenvalue weighted by Gasteiger charge is 2.31. The molecule has 1 fully saturated rings. The first-order valence-corrected chi connectivity index (χ1v) is 9.93. The molecule has 1 saturated heterocycles. The predicted octanol–water partition coefficient (Wildman–Crippen LogP) is 6.19. The van der Waals surface area contributed by atoms with Crippen molar-refractivity contribution < 1.29 is 0 Å². The van der Waals surface area contributed by atoms with Gasteiger partial charge in [0.2, 0.25) is 0 Å². The molecule has 0 aromatic heterocycles. The van der Waals surface area contributed by atoms with E-state index in [1.54, 1.807) is 0 Å². The van der Waals surface area contributed by atoms with Crippen molar-refractivity contribution in [3.63, 3.8) is 0 Å². The van der Waals surface area contributed by atoms with E-state index in [2.05, 4.69) is 99.7 Å². The summed E-state index contributed by atoms with van der Waals surface area (Å²) >= 11 is 0. The number of benzene rings is 3. The number of aryl methyl sites for hydroxylation is 1. The molecule has 0 bridgehead atoms. The quantitative estimate of drug-likeness (QED) is 0.553. The Labute approximate surface area is 163 Å². The van der Waals surface area contributed by atoms with Crippen molar-refractivity contribution >= 4 is 0 Å². The van der Waals surface area contributed by atoms with Crippen LogP contribution >= 0.6 is 0 Å². The van der Waals surface area contributed by atoms with Gasteiger partial charge in [-0.1, -0.05) is 93.1 Å². The standard InChI is InChI=1S/C26H29N/c1-18-8-12-20(13-9-18)21-14-10-19(11-15-21)16-22-6-5-7-23(26(2,3)4)25(22)24-17-27-24/h5-15,24,27H,16-17H2,1-4H3. The van der Waals surface area contributed by atoms with Gasteiger partial charge in [0.15, 0.2) is 0 Å². The number of hydrogen-bond donors (Lipinski definition) is 1. The molecule has 1 unspecified atom stereocenters. The van der Waals surface area contributed by atoms with Crippen LogP contribution in [0.2, 0.25) is 0 Å². The van der Waals surface area contributed by atoms with E-state index in [4.69, 9.17) is 0 Å². The molecule has 3 aromatic rings. The summed E-state index contributed by atoms with van der Waals surface area (Å²) in [6.45, 7) is 10.2. The van der Waals surface area contributed by atoms with Crippen molar-refractivity contribution in [3.05, 3.63) is 94.5 Å². The molecule has 0 aliphatic carbocycles. The molecule has 1 aliphatic heterocycles. The highest BCUT2D eigenvalue weighted by molar-refractivity contribution is 5.64. The Bertz CT molecular complexity index is 923. The monoisotopic (exact) mass is 355 g/mol. The molecule has 3 aromatic carbocycles. The summed E-state index contributed by atoms with van der Waals surface area (Å²) < 4.78 is 0. The van der Waals surface area contributed by atoms with Gasteiger partial charge in [-0.2, -0.15) is 0 Å². The Morgan fingerprint density at radius 1 is 0.852 bits per heavy atom. The molecule has 1 atom stereocenters. The Balaban J connectivity index is 1.62. The van der Waals surface area contributed by atoms with Gasteiger partial charge >= 0.3 is 0 Å². The molecule has 0 spiro atoms. The Morgan fingerprint density at radius 2 is 1.44 bits per heavy atom. The van der Waals surface area contributed by atoms with Crippen LogP contribution in [0.25, 0.3) is 11.1 Å². The normalized spacial score (nSPS) is 16.4. The smallest absolute Gasteiger partial charge is 0.0453 e. The molecule has 4 rings (SSSR count). The molecule has 1 N–H and O–H groups in total. The van der Waals surface area contributed by atoms with Crippen LogP contribution in [0, 0.1) is 6.92 Å². The van der Waals surface area contributed by atoms with E-state index >= 15 is 0 Å². The maximum absolute atomic E-state index is 3.52. The molecule has 0 amide bonds. The number of hydrogen-bond acceptors (Lipinski definition) is 1. The zero-order chi connectivity index (χ0) is 19.0. The fraction of sp³-hybridized carbons (Fsp3) is 0.308. The van der Waals surface area contributed by atoms with Crippen molar-refractivity contribution in [2.45, 2.75) is 45.6 Å². The van der Waals surface area contributed by atoms with Crippen molar-refractivity contribution in [2.24, 2.45) is 0 Å². The van der Waals surface area contributed by atoms with Gasteiger partial charge < -0.3 is 5.32 Å². The lowest BCUT2D eigenvalue weighted by Crippen LogP contribution is -2.16. The fourth-order valence-electron chi connectivity index (χ4n) is 3.88. The molecule has 27 heavy (non-hydrogen) atoms. The Hall–Kier alpha value is -2.38. The summed E-state index contributed by atoms with van der Waals surface area (Å²) in [5, 5.41) is 3.52. The fourth-order valence-corrected chi connectivity index (χ4v) is 3.88. The average Bonchev–Trinajstić information content (AvgIpc) is 3.47. The second-order valence-electron chi connectivity index (χ2n) is 8.83. The van der Waals surface area contributed by atoms with Crippen molar-refractivity contribution in [2.75, 3.05) is 6.54 Å². The zero-order valence-electron chi connectivity index (χ0n) is 16.8. The van der Waals surface area contributed by atoms with Crippen molar-refractivity contribution in [3.8, 4) is 11.1 Å². The third-order valence-electron chi connectivity index (χ3n) is 5.49. The van der Waals surface area contributed by atoms with E-state index in [-0.39, 0.29) is 5.41 Å². The maximum Gasteiger partial charge on any atom is 0.0453 e. The molecule has 1 heterocycles. The van der Waals surface area contributed by atoms with Crippen LogP contribution in [0.3, 0.4) is 0 Å². The van der Waals surface area contributed by atoms with Crippen LogP contribution in [0.15, 0.2) is 66.7 Å². The lowest BCUT2D eigenvalue weighted by Gasteiger charge is -2.25. The zero-order valence-corrected chi connectivity index (χ0v) is 16.8. The molecular formula is C26H29N. The van der Waals surface area contributed by atoms with E-state index in [0.29, 0.717) is 6.04 Å². The van der Waals surface area contributed by atoms with Crippen molar-refractivity contribution in [1.82, 2.24) is 5.32 Å².